The summed E-state index contributed by atoms with van der Waals surface area (Å²) in [6.45, 7) is 2.02. The maximum absolute atomic E-state index is 10.3. The van der Waals surface area contributed by atoms with E-state index in [1.165, 1.54) is 0 Å². The van der Waals surface area contributed by atoms with Gasteiger partial charge in [0.15, 0.2) is 0 Å². The Morgan fingerprint density at radius 3 is 2.58 bits per heavy atom. The zero-order valence-corrected chi connectivity index (χ0v) is 7.36. The SMILES string of the molecule is CCCC[C@H](O)CC(N)C(=O)O. The molecule has 0 bridgehead atoms. The number of aliphatic carboxylic acids is 1. The molecule has 0 saturated heterocycles. The van der Waals surface area contributed by atoms with E-state index in [4.69, 9.17) is 10.8 Å². The monoisotopic (exact) mass is 175 g/mol. The second kappa shape index (κ2) is 5.97. The lowest BCUT2D eigenvalue weighted by Crippen LogP contribution is -2.33. The van der Waals surface area contributed by atoms with Crippen LogP contribution in [-0.2, 0) is 4.79 Å². The molecule has 2 atom stereocenters. The van der Waals surface area contributed by atoms with E-state index in [1.54, 1.807) is 0 Å². The fourth-order valence-electron chi connectivity index (χ4n) is 0.952. The topological polar surface area (TPSA) is 83.5 Å². The van der Waals surface area contributed by atoms with Crippen molar-refractivity contribution in [2.24, 2.45) is 5.73 Å². The summed E-state index contributed by atoms with van der Waals surface area (Å²) >= 11 is 0. The molecule has 12 heavy (non-hydrogen) atoms. The van der Waals surface area contributed by atoms with Gasteiger partial charge < -0.3 is 15.9 Å². The summed E-state index contributed by atoms with van der Waals surface area (Å²) in [6.07, 6.45) is 2.12. The van der Waals surface area contributed by atoms with Crippen molar-refractivity contribution in [3.63, 3.8) is 0 Å². The molecule has 4 nitrogen and oxygen atoms in total. The molecule has 0 aromatic carbocycles. The predicted molar refractivity (Wildman–Crippen MR) is 45.8 cm³/mol. The van der Waals surface area contributed by atoms with Gasteiger partial charge in [-0.2, -0.15) is 0 Å². The number of carboxylic acid groups (broad SMARTS) is 1. The van der Waals surface area contributed by atoms with Crippen LogP contribution in [-0.4, -0.2) is 28.3 Å². The van der Waals surface area contributed by atoms with Crippen LogP contribution in [0.5, 0.6) is 0 Å². The van der Waals surface area contributed by atoms with Gasteiger partial charge in [-0.25, -0.2) is 0 Å². The van der Waals surface area contributed by atoms with Gasteiger partial charge in [-0.1, -0.05) is 19.8 Å². The predicted octanol–water partition coefficient (Wildman–Crippen LogP) is 0.339. The van der Waals surface area contributed by atoms with Crippen molar-refractivity contribution in [3.8, 4) is 0 Å². The zero-order chi connectivity index (χ0) is 9.56. The number of aliphatic hydroxyl groups is 1. The van der Waals surface area contributed by atoms with Gasteiger partial charge in [0.05, 0.1) is 6.10 Å². The molecule has 4 N–H and O–H groups in total. The third-order valence-corrected chi connectivity index (χ3v) is 1.73. The van der Waals surface area contributed by atoms with E-state index in [0.29, 0.717) is 6.42 Å². The van der Waals surface area contributed by atoms with E-state index in [2.05, 4.69) is 0 Å². The molecule has 0 spiro atoms. The quantitative estimate of drug-likeness (QED) is 0.543. The first-order valence-corrected chi connectivity index (χ1v) is 4.24. The van der Waals surface area contributed by atoms with E-state index >= 15 is 0 Å². The van der Waals surface area contributed by atoms with Crippen molar-refractivity contribution >= 4 is 5.97 Å². The molecule has 0 amide bonds. The number of carbonyl (C=O) groups is 1. The van der Waals surface area contributed by atoms with Gasteiger partial charge in [0.2, 0.25) is 0 Å². The first-order chi connectivity index (χ1) is 5.57. The van der Waals surface area contributed by atoms with Crippen molar-refractivity contribution in [1.82, 2.24) is 0 Å². The fourth-order valence-corrected chi connectivity index (χ4v) is 0.952. The lowest BCUT2D eigenvalue weighted by atomic mass is 10.1. The molecule has 0 aliphatic carbocycles. The highest BCUT2D eigenvalue weighted by Crippen LogP contribution is 2.05. The number of carboxylic acids is 1. The highest BCUT2D eigenvalue weighted by molar-refractivity contribution is 5.73. The Morgan fingerprint density at radius 2 is 2.17 bits per heavy atom. The molecule has 0 heterocycles. The van der Waals surface area contributed by atoms with Gasteiger partial charge in [-0.05, 0) is 12.8 Å². The third kappa shape index (κ3) is 5.09. The summed E-state index contributed by atoms with van der Waals surface area (Å²) in [7, 11) is 0. The number of hydrogen-bond donors (Lipinski definition) is 3. The number of nitrogens with two attached hydrogens (primary N) is 1. The molecule has 72 valence electrons. The number of aliphatic hydroxyl groups excluding tert-OH is 1. The van der Waals surface area contributed by atoms with Crippen molar-refractivity contribution in [1.29, 1.82) is 0 Å². The van der Waals surface area contributed by atoms with Crippen LogP contribution in [0.2, 0.25) is 0 Å². The van der Waals surface area contributed by atoms with Crippen LogP contribution in [0.4, 0.5) is 0 Å². The first-order valence-electron chi connectivity index (χ1n) is 4.24. The van der Waals surface area contributed by atoms with Gasteiger partial charge in [-0.15, -0.1) is 0 Å². The van der Waals surface area contributed by atoms with Gasteiger partial charge in [0.25, 0.3) is 0 Å². The van der Waals surface area contributed by atoms with Gasteiger partial charge in [0, 0.05) is 0 Å². The summed E-state index contributed by atoms with van der Waals surface area (Å²) in [5, 5.41) is 17.7. The van der Waals surface area contributed by atoms with Crippen LogP contribution in [0.3, 0.4) is 0 Å². The molecule has 0 aliphatic heterocycles. The first kappa shape index (κ1) is 11.4. The summed E-state index contributed by atoms with van der Waals surface area (Å²) < 4.78 is 0. The normalized spacial score (nSPS) is 15.6. The van der Waals surface area contributed by atoms with Gasteiger partial charge >= 0.3 is 5.97 Å². The average Bonchev–Trinajstić information content (AvgIpc) is 2.00. The molecule has 0 aliphatic rings. The van der Waals surface area contributed by atoms with E-state index in [0.717, 1.165) is 12.8 Å². The average molecular weight is 175 g/mol. The van der Waals surface area contributed by atoms with Gasteiger partial charge in [0.1, 0.15) is 6.04 Å². The summed E-state index contributed by atoms with van der Waals surface area (Å²) in [5.74, 6) is -1.05. The molecular formula is C8H17NO3. The van der Waals surface area contributed by atoms with Crippen LogP contribution in [0, 0.1) is 0 Å². The fraction of sp³-hybridized carbons (Fsp3) is 0.875. The van der Waals surface area contributed by atoms with E-state index in [-0.39, 0.29) is 6.42 Å². The minimum atomic E-state index is -1.05. The van der Waals surface area contributed by atoms with Crippen molar-refractivity contribution in [3.05, 3.63) is 0 Å². The van der Waals surface area contributed by atoms with Crippen molar-refractivity contribution in [2.75, 3.05) is 0 Å². The Bertz CT molecular complexity index is 138. The standard InChI is InChI=1S/C8H17NO3/c1-2-3-4-6(10)5-7(9)8(11)12/h6-7,10H,2-5,9H2,1H3,(H,11,12)/t6-,7?/m0/s1. The largest absolute Gasteiger partial charge is 0.480 e. The molecule has 0 radical (unpaired) electrons. The van der Waals surface area contributed by atoms with E-state index in [9.17, 15) is 9.90 Å². The molecule has 4 heteroatoms. The van der Waals surface area contributed by atoms with Crippen molar-refractivity contribution < 1.29 is 15.0 Å². The van der Waals surface area contributed by atoms with Gasteiger partial charge in [-0.3, -0.25) is 4.79 Å². The summed E-state index contributed by atoms with van der Waals surface area (Å²) in [5.41, 5.74) is 5.23. The minimum absolute atomic E-state index is 0.148. The van der Waals surface area contributed by atoms with E-state index in [1.807, 2.05) is 6.92 Å². The molecular weight excluding hydrogens is 158 g/mol. The smallest absolute Gasteiger partial charge is 0.320 e. The van der Waals surface area contributed by atoms with Crippen LogP contribution in [0.15, 0.2) is 0 Å². The Balaban J connectivity index is 3.53. The molecule has 1 unspecified atom stereocenters. The number of hydrogen-bond acceptors (Lipinski definition) is 3. The van der Waals surface area contributed by atoms with Crippen molar-refractivity contribution in [2.45, 2.75) is 44.8 Å². The third-order valence-electron chi connectivity index (χ3n) is 1.73. The molecule has 0 saturated carbocycles. The highest BCUT2D eigenvalue weighted by atomic mass is 16.4. The lowest BCUT2D eigenvalue weighted by Gasteiger charge is -2.12. The Morgan fingerprint density at radius 1 is 1.58 bits per heavy atom. The molecule has 0 aromatic heterocycles. The summed E-state index contributed by atoms with van der Waals surface area (Å²) in [4.78, 5) is 10.3. The Hall–Kier alpha value is -0.610. The Labute approximate surface area is 72.4 Å². The summed E-state index contributed by atoms with van der Waals surface area (Å²) in [6, 6.07) is -0.933. The van der Waals surface area contributed by atoms with Crippen LogP contribution in [0.25, 0.3) is 0 Å². The minimum Gasteiger partial charge on any atom is -0.480 e. The maximum atomic E-state index is 10.3. The second-order valence-corrected chi connectivity index (χ2v) is 2.98. The van der Waals surface area contributed by atoms with Crippen LogP contribution in [0.1, 0.15) is 32.6 Å². The number of rotatable bonds is 6. The molecule has 0 fully saturated rings. The molecule has 0 rings (SSSR count). The molecule has 0 aromatic rings. The van der Waals surface area contributed by atoms with Crippen LogP contribution >= 0.6 is 0 Å². The van der Waals surface area contributed by atoms with E-state index < -0.39 is 18.1 Å². The van der Waals surface area contributed by atoms with Crippen LogP contribution < -0.4 is 5.73 Å². The number of unbranched alkanes of at least 4 members (excludes halogenated alkanes) is 1. The highest BCUT2D eigenvalue weighted by Gasteiger charge is 2.15. The zero-order valence-electron chi connectivity index (χ0n) is 7.36. The second-order valence-electron chi connectivity index (χ2n) is 2.98. The lowest BCUT2D eigenvalue weighted by molar-refractivity contribution is -0.139. The maximum Gasteiger partial charge on any atom is 0.320 e. The Kier molecular flexibility index (Phi) is 5.66.